The van der Waals surface area contributed by atoms with Gasteiger partial charge in [0, 0.05) is 52.9 Å². The lowest BCUT2D eigenvalue weighted by atomic mass is 10.0. The smallest absolute Gasteiger partial charge is 0.0678 e. The molecule has 1 aliphatic carbocycles. The lowest BCUT2D eigenvalue weighted by Crippen LogP contribution is -2.00. The van der Waals surface area contributed by atoms with Crippen molar-refractivity contribution in [2.45, 2.75) is 19.4 Å². The Labute approximate surface area is 144 Å². The van der Waals surface area contributed by atoms with E-state index in [1.54, 1.807) is 0 Å². The molecule has 1 aliphatic rings. The fraction of sp³-hybridized carbons (Fsp3) is 0.263. The van der Waals surface area contributed by atoms with Crippen LogP contribution in [0.3, 0.4) is 0 Å². The Kier molecular flexibility index (Phi) is 2.98. The van der Waals surface area contributed by atoms with Crippen LogP contribution in [-0.2, 0) is 13.6 Å². The van der Waals surface area contributed by atoms with Gasteiger partial charge in [-0.2, -0.15) is 5.10 Å². The van der Waals surface area contributed by atoms with Gasteiger partial charge in [0.15, 0.2) is 0 Å². The summed E-state index contributed by atoms with van der Waals surface area (Å²) in [6.07, 6.45) is 10.4. The Morgan fingerprint density at radius 3 is 2.83 bits per heavy atom. The van der Waals surface area contributed by atoms with Crippen molar-refractivity contribution < 1.29 is 0 Å². The van der Waals surface area contributed by atoms with Gasteiger partial charge in [-0.15, -0.1) is 0 Å². The summed E-state index contributed by atoms with van der Waals surface area (Å²) in [5, 5.41) is 7.50. The number of halogens is 1. The van der Waals surface area contributed by atoms with Crippen LogP contribution in [0.5, 0.6) is 0 Å². The highest BCUT2D eigenvalue weighted by atomic mass is 35.5. The largest absolute Gasteiger partial charge is 0.338 e. The van der Waals surface area contributed by atoms with Crippen molar-refractivity contribution in [1.82, 2.24) is 19.3 Å². The summed E-state index contributed by atoms with van der Waals surface area (Å²) in [4.78, 5) is 4.36. The van der Waals surface area contributed by atoms with Crippen LogP contribution in [-0.4, -0.2) is 19.3 Å². The Morgan fingerprint density at radius 2 is 2.08 bits per heavy atom. The molecule has 0 unspecified atom stereocenters. The second-order valence-electron chi connectivity index (χ2n) is 6.70. The van der Waals surface area contributed by atoms with Crippen LogP contribution in [0.25, 0.3) is 32.9 Å². The van der Waals surface area contributed by atoms with E-state index >= 15 is 0 Å². The number of hydrogen-bond donors (Lipinski definition) is 0. The molecular weight excluding hydrogens is 320 g/mol. The molecule has 0 bridgehead atoms. The molecule has 1 fully saturated rings. The van der Waals surface area contributed by atoms with Crippen molar-refractivity contribution >= 4 is 33.4 Å². The zero-order valence-electron chi connectivity index (χ0n) is 13.4. The molecule has 0 N–H and O–H groups in total. The predicted molar refractivity (Wildman–Crippen MR) is 97.2 cm³/mol. The summed E-state index contributed by atoms with van der Waals surface area (Å²) in [5.41, 5.74) is 4.66. The van der Waals surface area contributed by atoms with E-state index in [2.05, 4.69) is 32.8 Å². The fourth-order valence-electron chi connectivity index (χ4n) is 3.57. The van der Waals surface area contributed by atoms with Crippen molar-refractivity contribution in [3.05, 3.63) is 48.0 Å². The molecule has 1 aromatic carbocycles. The third-order valence-corrected chi connectivity index (χ3v) is 5.10. The number of benzene rings is 1. The summed E-state index contributed by atoms with van der Waals surface area (Å²) in [5.74, 6) is 0.779. The Morgan fingerprint density at radius 1 is 1.21 bits per heavy atom. The normalized spacial score (nSPS) is 14.8. The number of fused-ring (bicyclic) bond motifs is 3. The molecule has 0 amide bonds. The van der Waals surface area contributed by atoms with Crippen molar-refractivity contribution in [1.29, 1.82) is 0 Å². The van der Waals surface area contributed by atoms with E-state index in [1.807, 2.05) is 36.5 Å². The second kappa shape index (κ2) is 5.08. The van der Waals surface area contributed by atoms with Gasteiger partial charge in [-0.25, -0.2) is 0 Å². The number of pyridine rings is 1. The minimum atomic E-state index is 0.753. The van der Waals surface area contributed by atoms with E-state index < -0.39 is 0 Å². The average Bonchev–Trinajstić information content (AvgIpc) is 3.22. The molecule has 0 atom stereocenters. The Hall–Kier alpha value is -2.33. The van der Waals surface area contributed by atoms with Gasteiger partial charge in [0.25, 0.3) is 0 Å². The van der Waals surface area contributed by atoms with Crippen LogP contribution in [0.2, 0.25) is 5.02 Å². The molecule has 3 heterocycles. The first-order chi connectivity index (χ1) is 11.7. The highest BCUT2D eigenvalue weighted by Crippen LogP contribution is 2.40. The first kappa shape index (κ1) is 14.1. The van der Waals surface area contributed by atoms with E-state index in [-0.39, 0.29) is 0 Å². The van der Waals surface area contributed by atoms with Crippen molar-refractivity contribution in [2.75, 3.05) is 0 Å². The fourth-order valence-corrected chi connectivity index (χ4v) is 3.79. The standard InChI is InChI=1S/C19H17ClN4/c1-23-11-13(8-22-23)16-6-14(20)7-17-15-4-5-21-9-18(15)24(19(16)17)10-12-2-3-12/h4-9,11-12H,2-3,10H2,1H3. The van der Waals surface area contributed by atoms with Crippen LogP contribution in [0.15, 0.2) is 43.0 Å². The average molecular weight is 337 g/mol. The first-order valence-corrected chi connectivity index (χ1v) is 8.63. The third kappa shape index (κ3) is 2.13. The minimum absolute atomic E-state index is 0.753. The van der Waals surface area contributed by atoms with Crippen LogP contribution < -0.4 is 0 Å². The van der Waals surface area contributed by atoms with Crippen LogP contribution in [0, 0.1) is 5.92 Å². The quantitative estimate of drug-likeness (QED) is 0.545. The van der Waals surface area contributed by atoms with Gasteiger partial charge in [-0.05, 0) is 37.0 Å². The summed E-state index contributed by atoms with van der Waals surface area (Å²) >= 11 is 6.46. The Balaban J connectivity index is 1.91. The third-order valence-electron chi connectivity index (χ3n) is 4.88. The van der Waals surface area contributed by atoms with Crippen molar-refractivity contribution in [3.63, 3.8) is 0 Å². The van der Waals surface area contributed by atoms with Gasteiger partial charge in [0.2, 0.25) is 0 Å². The van der Waals surface area contributed by atoms with Crippen LogP contribution >= 0.6 is 11.6 Å². The molecule has 1 saturated carbocycles. The zero-order valence-corrected chi connectivity index (χ0v) is 14.2. The first-order valence-electron chi connectivity index (χ1n) is 8.25. The lowest BCUT2D eigenvalue weighted by Gasteiger charge is -2.10. The molecule has 24 heavy (non-hydrogen) atoms. The molecule has 0 aliphatic heterocycles. The summed E-state index contributed by atoms with van der Waals surface area (Å²) in [6.45, 7) is 1.04. The molecule has 4 aromatic rings. The minimum Gasteiger partial charge on any atom is -0.338 e. The molecule has 120 valence electrons. The van der Waals surface area contributed by atoms with E-state index in [0.717, 1.165) is 28.6 Å². The monoisotopic (exact) mass is 336 g/mol. The molecule has 3 aromatic heterocycles. The van der Waals surface area contributed by atoms with Gasteiger partial charge < -0.3 is 4.57 Å². The molecule has 0 spiro atoms. The van der Waals surface area contributed by atoms with Gasteiger partial charge in [0.05, 0.1) is 23.4 Å². The number of aryl methyl sites for hydroxylation is 1. The molecule has 5 rings (SSSR count). The molecule has 5 heteroatoms. The molecule has 4 nitrogen and oxygen atoms in total. The van der Waals surface area contributed by atoms with Gasteiger partial charge in [0.1, 0.15) is 0 Å². The number of aromatic nitrogens is 4. The van der Waals surface area contributed by atoms with Gasteiger partial charge in [-0.1, -0.05) is 11.6 Å². The second-order valence-corrected chi connectivity index (χ2v) is 7.14. The van der Waals surface area contributed by atoms with Gasteiger partial charge >= 0.3 is 0 Å². The highest BCUT2D eigenvalue weighted by Gasteiger charge is 2.25. The number of rotatable bonds is 3. The van der Waals surface area contributed by atoms with Gasteiger partial charge in [-0.3, -0.25) is 9.67 Å². The molecular formula is C19H17ClN4. The zero-order chi connectivity index (χ0) is 16.3. The van der Waals surface area contributed by atoms with E-state index in [9.17, 15) is 0 Å². The van der Waals surface area contributed by atoms with E-state index in [0.29, 0.717) is 0 Å². The SMILES string of the molecule is Cn1cc(-c2cc(Cl)cc3c4ccncc4n(CC4CC4)c23)cn1. The van der Waals surface area contributed by atoms with E-state index in [1.165, 1.54) is 34.6 Å². The topological polar surface area (TPSA) is 35.6 Å². The summed E-state index contributed by atoms with van der Waals surface area (Å²) < 4.78 is 4.26. The summed E-state index contributed by atoms with van der Waals surface area (Å²) in [7, 11) is 1.94. The van der Waals surface area contributed by atoms with Crippen molar-refractivity contribution in [3.8, 4) is 11.1 Å². The Bertz CT molecular complexity index is 1070. The highest BCUT2D eigenvalue weighted by molar-refractivity contribution is 6.32. The maximum atomic E-state index is 6.46. The predicted octanol–water partition coefficient (Wildman–Crippen LogP) is 4.65. The van der Waals surface area contributed by atoms with E-state index in [4.69, 9.17) is 11.6 Å². The molecule has 0 saturated heterocycles. The maximum absolute atomic E-state index is 6.46. The molecule has 0 radical (unpaired) electrons. The number of hydrogen-bond acceptors (Lipinski definition) is 2. The summed E-state index contributed by atoms with van der Waals surface area (Å²) in [6, 6.07) is 6.21. The lowest BCUT2D eigenvalue weighted by molar-refractivity contribution is 0.664. The van der Waals surface area contributed by atoms with Crippen LogP contribution in [0.4, 0.5) is 0 Å². The maximum Gasteiger partial charge on any atom is 0.0678 e. The number of nitrogens with zero attached hydrogens (tertiary/aromatic N) is 4. The van der Waals surface area contributed by atoms with Crippen LogP contribution in [0.1, 0.15) is 12.8 Å². The van der Waals surface area contributed by atoms with Crippen molar-refractivity contribution in [2.24, 2.45) is 13.0 Å².